The van der Waals surface area contributed by atoms with E-state index in [2.05, 4.69) is 74.4 Å². The fraction of sp³-hybridized carbons (Fsp3) is 0.250. The van der Waals surface area contributed by atoms with Crippen LogP contribution < -0.4 is 8.92 Å². The molecule has 2 rings (SSSR count). The summed E-state index contributed by atoms with van der Waals surface area (Å²) >= 11 is 0.403. The zero-order valence-electron chi connectivity index (χ0n) is 11.2. The van der Waals surface area contributed by atoms with Crippen molar-refractivity contribution < 1.29 is 0 Å². The van der Waals surface area contributed by atoms with Crippen LogP contribution in [-0.4, -0.2) is 34.0 Å². The summed E-state index contributed by atoms with van der Waals surface area (Å²) in [6, 6.07) is 17.7. The van der Waals surface area contributed by atoms with Crippen LogP contribution in [-0.2, 0) is 6.54 Å². The molecule has 0 N–H and O–H groups in total. The van der Waals surface area contributed by atoms with E-state index in [1.165, 1.54) is 20.1 Å². The molecular formula is C16H19NSe. The predicted molar refractivity (Wildman–Crippen MR) is 80.0 cm³/mol. The number of hydrogen-bond acceptors (Lipinski definition) is 1. The molecule has 0 bridgehead atoms. The quantitative estimate of drug-likeness (QED) is 0.777. The van der Waals surface area contributed by atoms with E-state index < -0.39 is 0 Å². The van der Waals surface area contributed by atoms with Crippen molar-refractivity contribution in [3.8, 4) is 0 Å². The van der Waals surface area contributed by atoms with E-state index in [9.17, 15) is 0 Å². The molecule has 0 aliphatic carbocycles. The first-order chi connectivity index (χ1) is 8.65. The second-order valence-electron chi connectivity index (χ2n) is 4.76. The molecule has 1 nitrogen and oxygen atoms in total. The number of benzene rings is 2. The topological polar surface area (TPSA) is 3.24 Å². The molecule has 0 atom stereocenters. The minimum absolute atomic E-state index is 0.403. The molecule has 0 aliphatic heterocycles. The second-order valence-corrected chi connectivity index (χ2v) is 7.10. The fourth-order valence-electron chi connectivity index (χ4n) is 1.81. The van der Waals surface area contributed by atoms with Crippen LogP contribution in [0.15, 0.2) is 48.5 Å². The van der Waals surface area contributed by atoms with Crippen molar-refractivity contribution in [2.75, 3.05) is 14.1 Å². The molecule has 2 aromatic carbocycles. The van der Waals surface area contributed by atoms with Crippen molar-refractivity contribution in [1.29, 1.82) is 0 Å². The van der Waals surface area contributed by atoms with Gasteiger partial charge in [0.25, 0.3) is 0 Å². The zero-order chi connectivity index (χ0) is 13.0. The van der Waals surface area contributed by atoms with Crippen LogP contribution in [0.3, 0.4) is 0 Å². The molecule has 2 heteroatoms. The van der Waals surface area contributed by atoms with Crippen LogP contribution in [0.2, 0.25) is 0 Å². The van der Waals surface area contributed by atoms with Gasteiger partial charge in [0.1, 0.15) is 0 Å². The first kappa shape index (κ1) is 13.4. The van der Waals surface area contributed by atoms with Crippen LogP contribution in [0, 0.1) is 6.92 Å². The summed E-state index contributed by atoms with van der Waals surface area (Å²) in [5.74, 6) is 0. The van der Waals surface area contributed by atoms with Crippen molar-refractivity contribution in [2.45, 2.75) is 13.5 Å². The summed E-state index contributed by atoms with van der Waals surface area (Å²) in [6.07, 6.45) is 0. The molecular weight excluding hydrogens is 285 g/mol. The summed E-state index contributed by atoms with van der Waals surface area (Å²) in [5.41, 5.74) is 2.78. The first-order valence-corrected chi connectivity index (χ1v) is 7.83. The molecule has 0 aromatic heterocycles. The molecule has 0 saturated carbocycles. The Morgan fingerprint density at radius 2 is 1.61 bits per heavy atom. The molecule has 0 radical (unpaired) electrons. The van der Waals surface area contributed by atoms with E-state index in [1.807, 2.05) is 0 Å². The Kier molecular flexibility index (Phi) is 4.59. The van der Waals surface area contributed by atoms with E-state index >= 15 is 0 Å². The van der Waals surface area contributed by atoms with E-state index in [1.54, 1.807) is 0 Å². The van der Waals surface area contributed by atoms with Crippen molar-refractivity contribution in [3.63, 3.8) is 0 Å². The van der Waals surface area contributed by atoms with Crippen molar-refractivity contribution in [3.05, 3.63) is 59.7 Å². The van der Waals surface area contributed by atoms with Gasteiger partial charge in [0.2, 0.25) is 0 Å². The van der Waals surface area contributed by atoms with Gasteiger partial charge in [0.05, 0.1) is 0 Å². The van der Waals surface area contributed by atoms with Gasteiger partial charge in [-0.05, 0) is 0 Å². The summed E-state index contributed by atoms with van der Waals surface area (Å²) in [7, 11) is 4.24. The average Bonchev–Trinajstić information content (AvgIpc) is 2.34. The molecule has 18 heavy (non-hydrogen) atoms. The average molecular weight is 304 g/mol. The van der Waals surface area contributed by atoms with Crippen molar-refractivity contribution >= 4 is 23.9 Å². The Balaban J connectivity index is 2.20. The molecule has 0 spiro atoms. The van der Waals surface area contributed by atoms with Crippen molar-refractivity contribution in [2.24, 2.45) is 0 Å². The molecule has 0 heterocycles. The molecule has 0 saturated heterocycles. The third-order valence-corrected chi connectivity index (χ3v) is 5.07. The second kappa shape index (κ2) is 6.19. The van der Waals surface area contributed by atoms with Gasteiger partial charge in [0.15, 0.2) is 0 Å². The maximum absolute atomic E-state index is 2.26. The Morgan fingerprint density at radius 3 is 2.28 bits per heavy atom. The van der Waals surface area contributed by atoms with Gasteiger partial charge in [-0.2, -0.15) is 0 Å². The summed E-state index contributed by atoms with van der Waals surface area (Å²) < 4.78 is 2.93. The molecule has 0 aliphatic rings. The number of nitrogens with zero attached hydrogens (tertiary/aromatic N) is 1. The third-order valence-electron chi connectivity index (χ3n) is 2.71. The normalized spacial score (nSPS) is 10.9. The Morgan fingerprint density at radius 1 is 0.944 bits per heavy atom. The van der Waals surface area contributed by atoms with Gasteiger partial charge in [-0.25, -0.2) is 0 Å². The molecule has 2 aromatic rings. The molecule has 94 valence electrons. The maximum atomic E-state index is 2.26. The van der Waals surface area contributed by atoms with Crippen LogP contribution >= 0.6 is 0 Å². The van der Waals surface area contributed by atoms with Gasteiger partial charge in [0, 0.05) is 0 Å². The standard InChI is InChI=1S/C16H19NSe/c1-13-8-10-15(11-9-13)18-16-7-5-4-6-14(16)12-17(2)3/h4-11H,12H2,1-3H3. The Bertz CT molecular complexity index is 503. The third kappa shape index (κ3) is 3.71. The fourth-order valence-corrected chi connectivity index (χ4v) is 3.77. The van der Waals surface area contributed by atoms with Crippen LogP contribution in [0.1, 0.15) is 11.1 Å². The van der Waals surface area contributed by atoms with E-state index in [0.717, 1.165) is 6.54 Å². The number of hydrogen-bond donors (Lipinski definition) is 0. The van der Waals surface area contributed by atoms with E-state index in [-0.39, 0.29) is 0 Å². The molecule has 0 amide bonds. The minimum atomic E-state index is 0.403. The predicted octanol–water partition coefficient (Wildman–Crippen LogP) is 1.71. The first-order valence-electron chi connectivity index (χ1n) is 6.12. The van der Waals surface area contributed by atoms with E-state index in [0.29, 0.717) is 15.0 Å². The number of rotatable bonds is 4. The van der Waals surface area contributed by atoms with Gasteiger partial charge in [-0.3, -0.25) is 0 Å². The summed E-state index contributed by atoms with van der Waals surface area (Å²) in [6.45, 7) is 3.15. The monoisotopic (exact) mass is 305 g/mol. The van der Waals surface area contributed by atoms with Gasteiger partial charge in [-0.1, -0.05) is 0 Å². The van der Waals surface area contributed by atoms with Gasteiger partial charge < -0.3 is 0 Å². The zero-order valence-corrected chi connectivity index (χ0v) is 12.9. The molecule has 0 fully saturated rings. The van der Waals surface area contributed by atoms with E-state index in [4.69, 9.17) is 0 Å². The molecule has 0 unspecified atom stereocenters. The van der Waals surface area contributed by atoms with Gasteiger partial charge >= 0.3 is 116 Å². The SMILES string of the molecule is Cc1ccc([Se]c2ccccc2CN(C)C)cc1. The van der Waals surface area contributed by atoms with Crippen LogP contribution in [0.4, 0.5) is 0 Å². The van der Waals surface area contributed by atoms with Crippen LogP contribution in [0.5, 0.6) is 0 Å². The summed E-state index contributed by atoms with van der Waals surface area (Å²) in [4.78, 5) is 2.23. The van der Waals surface area contributed by atoms with Gasteiger partial charge in [-0.15, -0.1) is 0 Å². The number of aryl methyl sites for hydroxylation is 1. The van der Waals surface area contributed by atoms with Crippen LogP contribution in [0.25, 0.3) is 0 Å². The summed E-state index contributed by atoms with van der Waals surface area (Å²) in [5, 5.41) is 0. The van der Waals surface area contributed by atoms with Crippen molar-refractivity contribution in [1.82, 2.24) is 4.90 Å². The Hall–Kier alpha value is -1.08. The Labute approximate surface area is 116 Å².